The molecule has 0 radical (unpaired) electrons. The van der Waals surface area contributed by atoms with Crippen molar-refractivity contribution in [3.8, 4) is 6.07 Å². The van der Waals surface area contributed by atoms with Crippen molar-refractivity contribution in [2.45, 2.75) is 13.0 Å². The fraction of sp³-hybridized carbons (Fsp3) is 0.118. The lowest BCUT2D eigenvalue weighted by Crippen LogP contribution is -2.07. The maximum Gasteiger partial charge on any atom is 0.292 e. The number of para-hydroxylation sites is 1. The standard InChI is InChI=1S/C17H13N3O3/c1-11(17-9-13-4-2-3-5-16(13)23-17)19-14-8-12(10-18)6-7-15(14)20(21)22/h2-9,11,19H,1H3. The molecule has 114 valence electrons. The van der Waals surface area contributed by atoms with E-state index >= 15 is 0 Å². The first kappa shape index (κ1) is 14.6. The molecular formula is C17H13N3O3. The number of furan rings is 1. The van der Waals surface area contributed by atoms with Crippen LogP contribution in [0.2, 0.25) is 0 Å². The Balaban J connectivity index is 1.94. The van der Waals surface area contributed by atoms with E-state index < -0.39 is 4.92 Å². The van der Waals surface area contributed by atoms with Crippen molar-refractivity contribution < 1.29 is 9.34 Å². The normalized spacial score (nSPS) is 11.8. The summed E-state index contributed by atoms with van der Waals surface area (Å²) in [5.74, 6) is 0.669. The lowest BCUT2D eigenvalue weighted by atomic mass is 10.1. The van der Waals surface area contributed by atoms with Crippen LogP contribution in [0.1, 0.15) is 24.3 Å². The first-order valence-electron chi connectivity index (χ1n) is 7.02. The first-order valence-corrected chi connectivity index (χ1v) is 7.02. The molecule has 0 aliphatic heterocycles. The third-order valence-corrected chi connectivity index (χ3v) is 3.57. The second-order valence-corrected chi connectivity index (χ2v) is 5.15. The van der Waals surface area contributed by atoms with Gasteiger partial charge in [-0.05, 0) is 31.2 Å². The molecule has 6 heteroatoms. The monoisotopic (exact) mass is 307 g/mol. The minimum atomic E-state index is -0.477. The molecule has 1 unspecified atom stereocenters. The molecule has 0 saturated carbocycles. The van der Waals surface area contributed by atoms with Gasteiger partial charge in [-0.25, -0.2) is 0 Å². The lowest BCUT2D eigenvalue weighted by Gasteiger charge is -2.13. The van der Waals surface area contributed by atoms with E-state index in [2.05, 4.69) is 5.32 Å². The molecule has 2 aromatic carbocycles. The van der Waals surface area contributed by atoms with Crippen molar-refractivity contribution >= 4 is 22.3 Å². The second-order valence-electron chi connectivity index (χ2n) is 5.15. The molecule has 0 saturated heterocycles. The highest BCUT2D eigenvalue weighted by Crippen LogP contribution is 2.31. The van der Waals surface area contributed by atoms with Gasteiger partial charge in [0.15, 0.2) is 0 Å². The number of rotatable bonds is 4. The average molecular weight is 307 g/mol. The summed E-state index contributed by atoms with van der Waals surface area (Å²) in [7, 11) is 0. The Kier molecular flexibility index (Phi) is 3.69. The molecule has 0 aliphatic carbocycles. The number of nitro benzene ring substituents is 1. The van der Waals surface area contributed by atoms with Crippen LogP contribution in [0.4, 0.5) is 11.4 Å². The van der Waals surface area contributed by atoms with Gasteiger partial charge in [0.2, 0.25) is 0 Å². The van der Waals surface area contributed by atoms with E-state index in [0.717, 1.165) is 11.0 Å². The maximum atomic E-state index is 11.1. The van der Waals surface area contributed by atoms with Gasteiger partial charge in [-0.3, -0.25) is 10.1 Å². The number of nitriles is 1. The summed E-state index contributed by atoms with van der Waals surface area (Å²) in [5.41, 5.74) is 1.33. The number of nitrogens with zero attached hydrogens (tertiary/aromatic N) is 2. The van der Waals surface area contributed by atoms with Crippen LogP contribution in [0.3, 0.4) is 0 Å². The zero-order valence-electron chi connectivity index (χ0n) is 12.3. The summed E-state index contributed by atoms with van der Waals surface area (Å²) in [4.78, 5) is 10.7. The number of nitro groups is 1. The van der Waals surface area contributed by atoms with E-state index in [9.17, 15) is 10.1 Å². The fourth-order valence-corrected chi connectivity index (χ4v) is 2.40. The van der Waals surface area contributed by atoms with Gasteiger partial charge in [-0.15, -0.1) is 0 Å². The smallest absolute Gasteiger partial charge is 0.292 e. The van der Waals surface area contributed by atoms with Crippen molar-refractivity contribution in [2.75, 3.05) is 5.32 Å². The summed E-state index contributed by atoms with van der Waals surface area (Å²) < 4.78 is 5.76. The molecule has 1 aromatic heterocycles. The van der Waals surface area contributed by atoms with Crippen LogP contribution in [-0.4, -0.2) is 4.92 Å². The van der Waals surface area contributed by atoms with Crippen LogP contribution >= 0.6 is 0 Å². The molecule has 1 atom stereocenters. The Hall–Kier alpha value is -3.33. The minimum absolute atomic E-state index is 0.0769. The van der Waals surface area contributed by atoms with Gasteiger partial charge in [0.25, 0.3) is 5.69 Å². The van der Waals surface area contributed by atoms with Gasteiger partial charge >= 0.3 is 0 Å². The molecule has 0 fully saturated rings. The molecule has 1 N–H and O–H groups in total. The van der Waals surface area contributed by atoms with E-state index in [1.807, 2.05) is 43.3 Å². The van der Waals surface area contributed by atoms with Gasteiger partial charge in [0, 0.05) is 11.5 Å². The van der Waals surface area contributed by atoms with Gasteiger partial charge in [-0.2, -0.15) is 5.26 Å². The van der Waals surface area contributed by atoms with Crippen LogP contribution in [0.25, 0.3) is 11.0 Å². The van der Waals surface area contributed by atoms with Gasteiger partial charge in [-0.1, -0.05) is 18.2 Å². The van der Waals surface area contributed by atoms with Gasteiger partial charge in [0.1, 0.15) is 17.0 Å². The highest BCUT2D eigenvalue weighted by molar-refractivity contribution is 5.78. The number of anilines is 1. The quantitative estimate of drug-likeness (QED) is 0.570. The van der Waals surface area contributed by atoms with Crippen LogP contribution < -0.4 is 5.32 Å². The Labute approximate surface area is 132 Å². The van der Waals surface area contributed by atoms with Crippen molar-refractivity contribution in [3.63, 3.8) is 0 Å². The van der Waals surface area contributed by atoms with E-state index in [-0.39, 0.29) is 11.7 Å². The first-order chi connectivity index (χ1) is 11.1. The number of hydrogen-bond acceptors (Lipinski definition) is 5. The molecule has 0 spiro atoms. The summed E-state index contributed by atoms with van der Waals surface area (Å²) in [6, 6.07) is 15.4. The van der Waals surface area contributed by atoms with Crippen LogP contribution in [0.15, 0.2) is 52.9 Å². The van der Waals surface area contributed by atoms with E-state index in [4.69, 9.17) is 9.68 Å². The maximum absolute atomic E-state index is 11.1. The molecule has 3 aromatic rings. The third kappa shape index (κ3) is 2.85. The van der Waals surface area contributed by atoms with Gasteiger partial charge < -0.3 is 9.73 Å². The Morgan fingerprint density at radius 3 is 2.74 bits per heavy atom. The Bertz CT molecular complexity index is 891. The van der Waals surface area contributed by atoms with E-state index in [1.165, 1.54) is 18.2 Å². The number of hydrogen-bond donors (Lipinski definition) is 1. The number of fused-ring (bicyclic) bond motifs is 1. The molecule has 23 heavy (non-hydrogen) atoms. The fourth-order valence-electron chi connectivity index (χ4n) is 2.40. The molecule has 0 bridgehead atoms. The van der Waals surface area contributed by atoms with Crippen molar-refractivity contribution in [1.29, 1.82) is 5.26 Å². The number of nitrogens with one attached hydrogen (secondary N) is 1. The van der Waals surface area contributed by atoms with E-state index in [1.54, 1.807) is 0 Å². The summed E-state index contributed by atoms with van der Waals surface area (Å²) >= 11 is 0. The molecule has 6 nitrogen and oxygen atoms in total. The molecular weight excluding hydrogens is 294 g/mol. The minimum Gasteiger partial charge on any atom is -0.459 e. The SMILES string of the molecule is CC(Nc1cc(C#N)ccc1[N+](=O)[O-])c1cc2ccccc2o1. The Morgan fingerprint density at radius 2 is 2.04 bits per heavy atom. The molecule has 0 amide bonds. The molecule has 1 heterocycles. The molecule has 3 rings (SSSR count). The van der Waals surface area contributed by atoms with Crippen molar-refractivity contribution in [1.82, 2.24) is 0 Å². The topological polar surface area (TPSA) is 92.1 Å². The highest BCUT2D eigenvalue weighted by Gasteiger charge is 2.18. The zero-order chi connectivity index (χ0) is 16.4. The summed E-state index contributed by atoms with van der Waals surface area (Å²) in [5, 5.41) is 24.1. The van der Waals surface area contributed by atoms with Gasteiger partial charge in [0.05, 0.1) is 22.6 Å². The summed E-state index contributed by atoms with van der Waals surface area (Å²) in [6.45, 7) is 1.85. The van der Waals surface area contributed by atoms with Crippen LogP contribution in [0.5, 0.6) is 0 Å². The lowest BCUT2D eigenvalue weighted by molar-refractivity contribution is -0.384. The highest BCUT2D eigenvalue weighted by atomic mass is 16.6. The van der Waals surface area contributed by atoms with E-state index in [0.29, 0.717) is 17.0 Å². The largest absolute Gasteiger partial charge is 0.459 e. The van der Waals surface area contributed by atoms with Crippen LogP contribution in [0, 0.1) is 21.4 Å². The predicted octanol–water partition coefficient (Wildman–Crippen LogP) is 4.39. The average Bonchev–Trinajstić information content (AvgIpc) is 2.98. The predicted molar refractivity (Wildman–Crippen MR) is 86.1 cm³/mol. The van der Waals surface area contributed by atoms with Crippen molar-refractivity contribution in [2.24, 2.45) is 0 Å². The Morgan fingerprint density at radius 1 is 1.26 bits per heavy atom. The van der Waals surface area contributed by atoms with Crippen LogP contribution in [-0.2, 0) is 0 Å². The van der Waals surface area contributed by atoms with Crippen molar-refractivity contribution in [3.05, 3.63) is 70.0 Å². The zero-order valence-corrected chi connectivity index (χ0v) is 12.3. The third-order valence-electron chi connectivity index (χ3n) is 3.57. The summed E-state index contributed by atoms with van der Waals surface area (Å²) in [6.07, 6.45) is 0. The number of benzene rings is 2. The second kappa shape index (κ2) is 5.81. The molecule has 0 aliphatic rings.